The summed E-state index contributed by atoms with van der Waals surface area (Å²) in [7, 11) is 0. The molecule has 0 aromatic rings. The van der Waals surface area contributed by atoms with E-state index in [4.69, 9.17) is 14.6 Å². The van der Waals surface area contributed by atoms with Crippen molar-refractivity contribution in [2.24, 2.45) is 5.92 Å². The van der Waals surface area contributed by atoms with Crippen LogP contribution in [0, 0.1) is 5.92 Å². The number of carboxylic acids is 1. The Kier molecular flexibility index (Phi) is 6.37. The molecule has 1 heterocycles. The van der Waals surface area contributed by atoms with Crippen molar-refractivity contribution in [2.45, 2.75) is 25.9 Å². The van der Waals surface area contributed by atoms with Gasteiger partial charge in [-0.15, -0.1) is 0 Å². The lowest BCUT2D eigenvalue weighted by Gasteiger charge is -2.27. The normalized spacial score (nSPS) is 25.6. The highest BCUT2D eigenvalue weighted by atomic mass is 16.5. The van der Waals surface area contributed by atoms with Crippen molar-refractivity contribution in [3.8, 4) is 0 Å². The Balaban J connectivity index is 2.10. The van der Waals surface area contributed by atoms with E-state index >= 15 is 0 Å². The average molecular weight is 231 g/mol. The number of hydrogen-bond acceptors (Lipinski definition) is 4. The highest BCUT2D eigenvalue weighted by molar-refractivity contribution is 5.70. The molecule has 5 heteroatoms. The Morgan fingerprint density at radius 3 is 2.94 bits per heavy atom. The van der Waals surface area contributed by atoms with Crippen LogP contribution in [0.3, 0.4) is 0 Å². The molecule has 0 spiro atoms. The molecular formula is C11H21NO4. The molecule has 0 aliphatic carbocycles. The summed E-state index contributed by atoms with van der Waals surface area (Å²) in [6.45, 7) is 5.33. The van der Waals surface area contributed by atoms with E-state index in [1.165, 1.54) is 0 Å². The highest BCUT2D eigenvalue weighted by Gasteiger charge is 2.26. The van der Waals surface area contributed by atoms with Crippen LogP contribution in [0.15, 0.2) is 0 Å². The first kappa shape index (κ1) is 13.4. The van der Waals surface area contributed by atoms with Gasteiger partial charge in [0.05, 0.1) is 12.0 Å². The van der Waals surface area contributed by atoms with Crippen LogP contribution in [0.25, 0.3) is 0 Å². The lowest BCUT2D eigenvalue weighted by Crippen LogP contribution is -2.43. The van der Waals surface area contributed by atoms with Gasteiger partial charge in [0.1, 0.15) is 0 Å². The molecule has 2 N–H and O–H groups in total. The van der Waals surface area contributed by atoms with Gasteiger partial charge < -0.3 is 19.9 Å². The number of carboxylic acid groups (broad SMARTS) is 1. The van der Waals surface area contributed by atoms with Gasteiger partial charge in [-0.1, -0.05) is 0 Å². The predicted molar refractivity (Wildman–Crippen MR) is 59.5 cm³/mol. The zero-order chi connectivity index (χ0) is 11.8. The van der Waals surface area contributed by atoms with E-state index in [1.807, 2.05) is 6.92 Å². The van der Waals surface area contributed by atoms with E-state index < -0.39 is 5.97 Å². The maximum atomic E-state index is 10.8. The monoisotopic (exact) mass is 231 g/mol. The third kappa shape index (κ3) is 4.92. The molecule has 94 valence electrons. The van der Waals surface area contributed by atoms with Gasteiger partial charge in [-0.25, -0.2) is 0 Å². The maximum Gasteiger partial charge on any atom is 0.307 e. The second-order valence-corrected chi connectivity index (χ2v) is 3.97. The lowest BCUT2D eigenvalue weighted by atomic mass is 9.98. The van der Waals surface area contributed by atoms with E-state index in [-0.39, 0.29) is 12.0 Å². The first-order valence-electron chi connectivity index (χ1n) is 5.87. The molecule has 16 heavy (non-hydrogen) atoms. The van der Waals surface area contributed by atoms with Gasteiger partial charge in [-0.05, 0) is 19.8 Å². The van der Waals surface area contributed by atoms with E-state index in [9.17, 15) is 4.79 Å². The van der Waals surface area contributed by atoms with Crippen LogP contribution in [0.1, 0.15) is 19.8 Å². The van der Waals surface area contributed by atoms with Gasteiger partial charge in [-0.3, -0.25) is 4.79 Å². The Morgan fingerprint density at radius 1 is 1.44 bits per heavy atom. The summed E-state index contributed by atoms with van der Waals surface area (Å²) >= 11 is 0. The second kappa shape index (κ2) is 7.60. The number of ether oxygens (including phenoxy) is 2. The van der Waals surface area contributed by atoms with Crippen LogP contribution in [-0.2, 0) is 14.3 Å². The van der Waals surface area contributed by atoms with Crippen molar-refractivity contribution in [3.63, 3.8) is 0 Å². The van der Waals surface area contributed by atoms with Crippen LogP contribution in [0.2, 0.25) is 0 Å². The predicted octanol–water partition coefficient (Wildman–Crippen LogP) is 0.492. The molecule has 0 saturated carbocycles. The molecule has 0 aromatic heterocycles. The summed E-state index contributed by atoms with van der Waals surface area (Å²) in [5.41, 5.74) is 0. The summed E-state index contributed by atoms with van der Waals surface area (Å²) in [4.78, 5) is 10.8. The quantitative estimate of drug-likeness (QED) is 0.624. The minimum Gasteiger partial charge on any atom is -0.481 e. The van der Waals surface area contributed by atoms with E-state index in [2.05, 4.69) is 5.32 Å². The Labute approximate surface area is 96.1 Å². The molecule has 0 bridgehead atoms. The highest BCUT2D eigenvalue weighted by Crippen LogP contribution is 2.13. The topological polar surface area (TPSA) is 67.8 Å². The fourth-order valence-electron chi connectivity index (χ4n) is 1.77. The first-order valence-corrected chi connectivity index (χ1v) is 5.87. The largest absolute Gasteiger partial charge is 0.481 e. The van der Waals surface area contributed by atoms with Crippen molar-refractivity contribution in [1.82, 2.24) is 5.32 Å². The van der Waals surface area contributed by atoms with Gasteiger partial charge in [0.15, 0.2) is 0 Å². The number of rotatable bonds is 7. The Morgan fingerprint density at radius 2 is 2.25 bits per heavy atom. The third-order valence-electron chi connectivity index (χ3n) is 2.65. The van der Waals surface area contributed by atoms with Crippen molar-refractivity contribution >= 4 is 5.97 Å². The van der Waals surface area contributed by atoms with Crippen LogP contribution in [0.5, 0.6) is 0 Å². The molecule has 1 aliphatic heterocycles. The molecule has 0 amide bonds. The molecule has 1 saturated heterocycles. The summed E-state index contributed by atoms with van der Waals surface area (Å²) in [5.74, 6) is -1.05. The fourth-order valence-corrected chi connectivity index (χ4v) is 1.77. The average Bonchev–Trinajstić information content (AvgIpc) is 2.29. The smallest absolute Gasteiger partial charge is 0.307 e. The fraction of sp³-hybridized carbons (Fsp3) is 0.909. The van der Waals surface area contributed by atoms with Crippen LogP contribution in [0.4, 0.5) is 0 Å². The lowest BCUT2D eigenvalue weighted by molar-refractivity contribution is -0.144. The molecule has 1 rings (SSSR count). The van der Waals surface area contributed by atoms with Gasteiger partial charge in [0.2, 0.25) is 0 Å². The first-order chi connectivity index (χ1) is 7.74. The molecule has 0 radical (unpaired) electrons. The minimum absolute atomic E-state index is 0.0245. The molecule has 2 atom stereocenters. The summed E-state index contributed by atoms with van der Waals surface area (Å²) in [5, 5.41) is 12.0. The summed E-state index contributed by atoms with van der Waals surface area (Å²) < 4.78 is 10.8. The third-order valence-corrected chi connectivity index (χ3v) is 2.65. The second-order valence-electron chi connectivity index (χ2n) is 3.97. The van der Waals surface area contributed by atoms with E-state index in [1.54, 1.807) is 0 Å². The van der Waals surface area contributed by atoms with Crippen molar-refractivity contribution in [2.75, 3.05) is 32.9 Å². The standard InChI is InChI=1S/C11H21NO4/c1-2-15-4-3-5-16-10-6-9(11(13)14)7-12-8-10/h9-10,12H,2-8H2,1H3,(H,13,14). The molecule has 1 aliphatic rings. The van der Waals surface area contributed by atoms with Crippen LogP contribution < -0.4 is 5.32 Å². The Hall–Kier alpha value is -0.650. The van der Waals surface area contributed by atoms with Crippen molar-refractivity contribution in [3.05, 3.63) is 0 Å². The molecular weight excluding hydrogens is 210 g/mol. The van der Waals surface area contributed by atoms with Crippen molar-refractivity contribution < 1.29 is 19.4 Å². The van der Waals surface area contributed by atoms with Gasteiger partial charge >= 0.3 is 5.97 Å². The molecule has 2 unspecified atom stereocenters. The number of carbonyl (C=O) groups is 1. The summed E-state index contributed by atoms with van der Waals surface area (Å²) in [6, 6.07) is 0. The minimum atomic E-state index is -0.741. The van der Waals surface area contributed by atoms with Crippen LogP contribution >= 0.6 is 0 Å². The number of nitrogens with one attached hydrogen (secondary N) is 1. The van der Waals surface area contributed by atoms with E-state index in [0.29, 0.717) is 26.2 Å². The number of piperidine rings is 1. The molecule has 0 aromatic carbocycles. The van der Waals surface area contributed by atoms with Crippen LogP contribution in [-0.4, -0.2) is 50.1 Å². The molecule has 1 fully saturated rings. The number of hydrogen-bond donors (Lipinski definition) is 2. The summed E-state index contributed by atoms with van der Waals surface area (Å²) in [6.07, 6.45) is 1.50. The van der Waals surface area contributed by atoms with Gasteiger partial charge in [0, 0.05) is 32.9 Å². The number of aliphatic carboxylic acids is 1. The maximum absolute atomic E-state index is 10.8. The zero-order valence-corrected chi connectivity index (χ0v) is 9.78. The van der Waals surface area contributed by atoms with Gasteiger partial charge in [-0.2, -0.15) is 0 Å². The molecule has 5 nitrogen and oxygen atoms in total. The van der Waals surface area contributed by atoms with Gasteiger partial charge in [0.25, 0.3) is 0 Å². The zero-order valence-electron chi connectivity index (χ0n) is 9.78. The van der Waals surface area contributed by atoms with E-state index in [0.717, 1.165) is 19.6 Å². The SMILES string of the molecule is CCOCCCOC1CNCC(C(=O)O)C1. The Bertz CT molecular complexity index is 210. The van der Waals surface area contributed by atoms with Crippen molar-refractivity contribution in [1.29, 1.82) is 0 Å².